The second kappa shape index (κ2) is 9.76. The van der Waals surface area contributed by atoms with Gasteiger partial charge in [0.1, 0.15) is 28.7 Å². The number of methoxy groups -OCH3 is 2. The van der Waals surface area contributed by atoms with E-state index in [1.807, 2.05) is 0 Å². The molecule has 1 amide bonds. The highest BCUT2D eigenvalue weighted by Crippen LogP contribution is 2.32. The maximum atomic E-state index is 13.5. The Hall–Kier alpha value is -4.28. The highest BCUT2D eigenvalue weighted by Gasteiger charge is 2.31. The van der Waals surface area contributed by atoms with E-state index in [0.29, 0.717) is 41.6 Å². The summed E-state index contributed by atoms with van der Waals surface area (Å²) in [6.07, 6.45) is 1.49. The second-order valence-corrected chi connectivity index (χ2v) is 8.62. The fourth-order valence-electron chi connectivity index (χ4n) is 4.55. The van der Waals surface area contributed by atoms with Gasteiger partial charge in [0.05, 0.1) is 20.8 Å². The Morgan fingerprint density at radius 3 is 2.56 bits per heavy atom. The van der Waals surface area contributed by atoms with Gasteiger partial charge in [0.25, 0.3) is 11.5 Å². The van der Waals surface area contributed by atoms with E-state index in [2.05, 4.69) is 20.3 Å². The zero-order chi connectivity index (χ0) is 25.2. The van der Waals surface area contributed by atoms with E-state index in [-0.39, 0.29) is 29.7 Å². The molecule has 2 aromatic heterocycles. The molecule has 0 aliphatic carbocycles. The van der Waals surface area contributed by atoms with E-state index in [1.165, 1.54) is 31.0 Å². The van der Waals surface area contributed by atoms with E-state index in [9.17, 15) is 14.0 Å². The minimum absolute atomic E-state index is 0.128. The maximum absolute atomic E-state index is 13.5. The van der Waals surface area contributed by atoms with Crippen LogP contribution in [0.15, 0.2) is 47.3 Å². The summed E-state index contributed by atoms with van der Waals surface area (Å²) in [4.78, 5) is 35.5. The molecule has 5 rings (SSSR count). The summed E-state index contributed by atoms with van der Waals surface area (Å²) in [5.41, 5.74) is 1.24. The number of aromatic nitrogens is 5. The first-order valence-corrected chi connectivity index (χ1v) is 11.6. The molecule has 11 heteroatoms. The lowest BCUT2D eigenvalue weighted by Gasteiger charge is -2.32. The van der Waals surface area contributed by atoms with Crippen LogP contribution in [0.2, 0.25) is 0 Å². The fourth-order valence-corrected chi connectivity index (χ4v) is 4.55. The number of likely N-dealkylation sites (tertiary alicyclic amines) is 1. The number of nitrogens with one attached hydrogen (secondary N) is 1. The molecule has 10 nitrogen and oxygen atoms in total. The lowest BCUT2D eigenvalue weighted by Crippen LogP contribution is -2.40. The number of hydrogen-bond acceptors (Lipinski definition) is 7. The van der Waals surface area contributed by atoms with Gasteiger partial charge in [0.2, 0.25) is 0 Å². The van der Waals surface area contributed by atoms with Crippen LogP contribution in [0.1, 0.15) is 40.5 Å². The number of amides is 1. The number of halogens is 1. The molecule has 0 radical (unpaired) electrons. The third-order valence-electron chi connectivity index (χ3n) is 6.37. The maximum Gasteiger partial charge on any atom is 0.281 e. The molecule has 1 N–H and O–H groups in total. The SMILES string of the molecule is COc1cccc(OC)c1C(=O)N1CCC[C@@H](c2nc3c(nnn3Cc3ccc(F)cc3)c(=O)[nH]2)C1. The molecule has 1 aliphatic rings. The zero-order valence-corrected chi connectivity index (χ0v) is 19.9. The van der Waals surface area contributed by atoms with E-state index in [1.54, 1.807) is 35.2 Å². The summed E-state index contributed by atoms with van der Waals surface area (Å²) in [6.45, 7) is 1.22. The molecule has 3 heterocycles. The standard InChI is InChI=1S/C25H25FN6O4/c1-35-18-6-3-7-19(36-2)20(18)25(34)31-12-4-5-16(14-31)22-27-23-21(24(33)28-22)29-30-32(23)13-15-8-10-17(26)11-9-15/h3,6-11,16H,4-5,12-14H2,1-2H3,(H,27,28,33)/t16-/m1/s1. The molecule has 0 bridgehead atoms. The third-order valence-corrected chi connectivity index (χ3v) is 6.37. The number of benzene rings is 2. The van der Waals surface area contributed by atoms with Gasteiger partial charge in [-0.25, -0.2) is 14.1 Å². The number of rotatable bonds is 6. The Balaban J connectivity index is 1.44. The van der Waals surface area contributed by atoms with Crippen molar-refractivity contribution in [2.75, 3.05) is 27.3 Å². The summed E-state index contributed by atoms with van der Waals surface area (Å²) in [5, 5.41) is 8.06. The molecule has 0 unspecified atom stereocenters. The molecule has 36 heavy (non-hydrogen) atoms. The molecule has 186 valence electrons. The van der Waals surface area contributed by atoms with Crippen LogP contribution in [0.5, 0.6) is 11.5 Å². The Labute approximate surface area is 205 Å². The number of H-pyrrole nitrogens is 1. The van der Waals surface area contributed by atoms with Gasteiger partial charge in [0.15, 0.2) is 11.2 Å². The second-order valence-electron chi connectivity index (χ2n) is 8.62. The average Bonchev–Trinajstić information content (AvgIpc) is 3.32. The molecular weight excluding hydrogens is 467 g/mol. The predicted octanol–water partition coefficient (Wildman–Crippen LogP) is 2.74. The summed E-state index contributed by atoms with van der Waals surface area (Å²) in [5.74, 6) is 0.617. The van der Waals surface area contributed by atoms with Gasteiger partial charge in [-0.05, 0) is 42.7 Å². The van der Waals surface area contributed by atoms with Crippen LogP contribution < -0.4 is 15.0 Å². The van der Waals surface area contributed by atoms with Gasteiger partial charge in [-0.15, -0.1) is 5.10 Å². The highest BCUT2D eigenvalue weighted by molar-refractivity contribution is 5.99. The van der Waals surface area contributed by atoms with Gasteiger partial charge >= 0.3 is 0 Å². The van der Waals surface area contributed by atoms with E-state index < -0.39 is 5.56 Å². The van der Waals surface area contributed by atoms with Crippen molar-refractivity contribution < 1.29 is 18.7 Å². The van der Waals surface area contributed by atoms with E-state index >= 15 is 0 Å². The van der Waals surface area contributed by atoms with E-state index in [4.69, 9.17) is 9.47 Å². The number of nitrogens with zero attached hydrogens (tertiary/aromatic N) is 5. The van der Waals surface area contributed by atoms with Crippen LogP contribution in [-0.4, -0.2) is 63.1 Å². The molecular formula is C25H25FN6O4. The fraction of sp³-hybridized carbons (Fsp3) is 0.320. The molecule has 1 fully saturated rings. The van der Waals surface area contributed by atoms with Crippen molar-refractivity contribution in [2.24, 2.45) is 0 Å². The first-order valence-electron chi connectivity index (χ1n) is 11.6. The number of aromatic amines is 1. The summed E-state index contributed by atoms with van der Waals surface area (Å²) >= 11 is 0. The minimum atomic E-state index is -0.393. The lowest BCUT2D eigenvalue weighted by atomic mass is 9.96. The topological polar surface area (TPSA) is 115 Å². The molecule has 0 spiro atoms. The van der Waals surface area contributed by atoms with Crippen molar-refractivity contribution in [3.63, 3.8) is 0 Å². The van der Waals surface area contributed by atoms with Crippen molar-refractivity contribution in [1.82, 2.24) is 29.9 Å². The number of carbonyl (C=O) groups excluding carboxylic acids is 1. The van der Waals surface area contributed by atoms with Crippen LogP contribution in [-0.2, 0) is 6.54 Å². The first-order chi connectivity index (χ1) is 17.5. The number of piperidine rings is 1. The number of hydrogen-bond donors (Lipinski definition) is 1. The Bertz CT molecular complexity index is 1440. The normalized spacial score (nSPS) is 15.8. The van der Waals surface area contributed by atoms with Crippen LogP contribution in [0, 0.1) is 5.82 Å². The molecule has 4 aromatic rings. The molecule has 2 aromatic carbocycles. The smallest absolute Gasteiger partial charge is 0.281 e. The van der Waals surface area contributed by atoms with Crippen LogP contribution in [0.25, 0.3) is 11.2 Å². The molecule has 0 saturated carbocycles. The third kappa shape index (κ3) is 4.39. The van der Waals surface area contributed by atoms with Gasteiger partial charge in [0, 0.05) is 19.0 Å². The Morgan fingerprint density at radius 1 is 1.14 bits per heavy atom. The van der Waals surface area contributed by atoms with Gasteiger partial charge in [-0.2, -0.15) is 0 Å². The van der Waals surface area contributed by atoms with Crippen molar-refractivity contribution >= 4 is 17.1 Å². The quantitative estimate of drug-likeness (QED) is 0.440. The summed E-state index contributed by atoms with van der Waals surface area (Å²) < 4.78 is 25.6. The van der Waals surface area contributed by atoms with Gasteiger partial charge in [-0.1, -0.05) is 23.4 Å². The van der Waals surface area contributed by atoms with Gasteiger partial charge in [-0.3, -0.25) is 9.59 Å². The summed E-state index contributed by atoms with van der Waals surface area (Å²) in [7, 11) is 3.02. The molecule has 1 atom stereocenters. The van der Waals surface area contributed by atoms with Gasteiger partial charge < -0.3 is 19.4 Å². The van der Waals surface area contributed by atoms with Crippen LogP contribution in [0.3, 0.4) is 0 Å². The number of carbonyl (C=O) groups is 1. The molecule has 1 aliphatic heterocycles. The minimum Gasteiger partial charge on any atom is -0.496 e. The zero-order valence-electron chi connectivity index (χ0n) is 19.9. The first kappa shape index (κ1) is 23.5. The van der Waals surface area contributed by atoms with Crippen molar-refractivity contribution in [3.05, 3.63) is 75.6 Å². The predicted molar refractivity (Wildman–Crippen MR) is 129 cm³/mol. The Morgan fingerprint density at radius 2 is 1.86 bits per heavy atom. The molecule has 1 saturated heterocycles. The summed E-state index contributed by atoms with van der Waals surface area (Å²) in [6, 6.07) is 11.2. The monoisotopic (exact) mass is 492 g/mol. The Kier molecular flexibility index (Phi) is 6.36. The van der Waals surface area contributed by atoms with E-state index in [0.717, 1.165) is 18.4 Å². The average molecular weight is 493 g/mol. The van der Waals surface area contributed by atoms with Crippen molar-refractivity contribution in [2.45, 2.75) is 25.3 Å². The van der Waals surface area contributed by atoms with Crippen molar-refractivity contribution in [1.29, 1.82) is 0 Å². The van der Waals surface area contributed by atoms with Crippen LogP contribution >= 0.6 is 0 Å². The van der Waals surface area contributed by atoms with Crippen molar-refractivity contribution in [3.8, 4) is 11.5 Å². The lowest BCUT2D eigenvalue weighted by molar-refractivity contribution is 0.0697. The highest BCUT2D eigenvalue weighted by atomic mass is 19.1. The number of fused-ring (bicyclic) bond motifs is 1. The van der Waals surface area contributed by atoms with Crippen LogP contribution in [0.4, 0.5) is 4.39 Å². The number of ether oxygens (including phenoxy) is 2. The largest absolute Gasteiger partial charge is 0.496 e.